The van der Waals surface area contributed by atoms with E-state index in [1.165, 1.54) is 0 Å². The Bertz CT molecular complexity index is 683. The van der Waals surface area contributed by atoms with Gasteiger partial charge in [0.1, 0.15) is 5.75 Å². The first-order valence-corrected chi connectivity index (χ1v) is 7.64. The molecule has 0 bridgehead atoms. The molecule has 0 fully saturated rings. The maximum Gasteiger partial charge on any atom is 0.250 e. The van der Waals surface area contributed by atoms with Gasteiger partial charge in [-0.15, -0.1) is 0 Å². The summed E-state index contributed by atoms with van der Waals surface area (Å²) in [5, 5.41) is 0. The molecule has 0 aliphatic carbocycles. The predicted octanol–water partition coefficient (Wildman–Crippen LogP) is 3.20. The van der Waals surface area contributed by atoms with E-state index in [2.05, 4.69) is 16.5 Å². The first kappa shape index (κ1) is 14.8. The van der Waals surface area contributed by atoms with Gasteiger partial charge >= 0.3 is 0 Å². The topological polar surface area (TPSA) is 43.6 Å². The number of hydrogen-bond acceptors (Lipinski definition) is 3. The maximum atomic E-state index is 11.9. The van der Waals surface area contributed by atoms with E-state index in [1.54, 1.807) is 18.4 Å². The molecule has 5 heteroatoms. The number of thiazole rings is 1. The van der Waals surface area contributed by atoms with Crippen molar-refractivity contribution in [2.24, 2.45) is 10.9 Å². The Morgan fingerprint density at radius 1 is 1.45 bits per heavy atom. The lowest BCUT2D eigenvalue weighted by atomic mass is 10.2. The minimum atomic E-state index is -0.0789. The average molecular weight is 292 g/mol. The minimum absolute atomic E-state index is 0.0756. The van der Waals surface area contributed by atoms with E-state index in [0.29, 0.717) is 0 Å². The Morgan fingerprint density at radius 2 is 2.20 bits per heavy atom. The summed E-state index contributed by atoms with van der Waals surface area (Å²) in [6.45, 7) is 6.70. The van der Waals surface area contributed by atoms with Crippen molar-refractivity contribution in [3.63, 3.8) is 0 Å². The van der Waals surface area contributed by atoms with Crippen LogP contribution in [0, 0.1) is 5.92 Å². The summed E-state index contributed by atoms with van der Waals surface area (Å²) < 4.78 is 8.50. The molecule has 108 valence electrons. The van der Waals surface area contributed by atoms with Crippen LogP contribution in [0.2, 0.25) is 0 Å². The van der Waals surface area contributed by atoms with Gasteiger partial charge in [0, 0.05) is 18.5 Å². The number of fused-ring (bicyclic) bond motifs is 1. The lowest BCUT2D eigenvalue weighted by Crippen LogP contribution is -2.18. The number of aryl methyl sites for hydroxylation is 1. The van der Waals surface area contributed by atoms with Gasteiger partial charge in [-0.1, -0.05) is 32.1 Å². The van der Waals surface area contributed by atoms with Gasteiger partial charge in [0.2, 0.25) is 0 Å². The zero-order chi connectivity index (χ0) is 14.7. The summed E-state index contributed by atoms with van der Waals surface area (Å²) in [5.74, 6) is 0.667. The normalized spacial score (nSPS) is 12.3. The quantitative estimate of drug-likeness (QED) is 0.868. The zero-order valence-corrected chi connectivity index (χ0v) is 13.2. The van der Waals surface area contributed by atoms with Gasteiger partial charge in [-0.3, -0.25) is 4.79 Å². The number of nitrogens with zero attached hydrogens (tertiary/aromatic N) is 2. The van der Waals surface area contributed by atoms with Crippen LogP contribution in [0.3, 0.4) is 0 Å². The molecule has 0 saturated heterocycles. The highest BCUT2D eigenvalue weighted by Gasteiger charge is 2.10. The van der Waals surface area contributed by atoms with Crippen LogP contribution in [0.4, 0.5) is 0 Å². The maximum absolute atomic E-state index is 11.9. The fourth-order valence-electron chi connectivity index (χ4n) is 1.92. The highest BCUT2D eigenvalue weighted by atomic mass is 32.1. The second-order valence-electron chi connectivity index (χ2n) is 4.97. The van der Waals surface area contributed by atoms with Crippen LogP contribution in [0.15, 0.2) is 23.2 Å². The highest BCUT2D eigenvalue weighted by molar-refractivity contribution is 7.16. The van der Waals surface area contributed by atoms with Gasteiger partial charge in [0.15, 0.2) is 4.80 Å². The second kappa shape index (κ2) is 6.22. The van der Waals surface area contributed by atoms with E-state index in [1.807, 2.05) is 32.0 Å². The molecule has 0 unspecified atom stereocenters. The lowest BCUT2D eigenvalue weighted by molar-refractivity contribution is -0.120. The Kier molecular flexibility index (Phi) is 4.60. The van der Waals surface area contributed by atoms with Crippen LogP contribution in [-0.4, -0.2) is 17.6 Å². The van der Waals surface area contributed by atoms with E-state index >= 15 is 0 Å². The molecule has 1 heterocycles. The van der Waals surface area contributed by atoms with Crippen molar-refractivity contribution in [2.75, 3.05) is 7.11 Å². The highest BCUT2D eigenvalue weighted by Crippen LogP contribution is 2.23. The Hall–Kier alpha value is -1.62. The van der Waals surface area contributed by atoms with Crippen LogP contribution in [0.5, 0.6) is 5.75 Å². The Labute approximate surface area is 122 Å². The van der Waals surface area contributed by atoms with Crippen molar-refractivity contribution in [3.8, 4) is 5.75 Å². The number of carbonyl (C=O) groups excluding carboxylic acids is 1. The molecule has 0 atom stereocenters. The lowest BCUT2D eigenvalue weighted by Gasteiger charge is -2.04. The average Bonchev–Trinajstić information content (AvgIpc) is 2.76. The van der Waals surface area contributed by atoms with E-state index in [4.69, 9.17) is 4.74 Å². The molecule has 1 aromatic heterocycles. The molecular weight excluding hydrogens is 272 g/mol. The number of carbonyl (C=O) groups is 1. The van der Waals surface area contributed by atoms with Gasteiger partial charge in [0.05, 0.1) is 17.3 Å². The SMILES string of the molecule is CCCn1c(=NC(=O)C(C)C)sc2ccc(OC)cc21. The largest absolute Gasteiger partial charge is 0.497 e. The molecule has 1 amide bonds. The van der Waals surface area contributed by atoms with Gasteiger partial charge in [0.25, 0.3) is 5.91 Å². The van der Waals surface area contributed by atoms with Gasteiger partial charge < -0.3 is 9.30 Å². The monoisotopic (exact) mass is 292 g/mol. The third kappa shape index (κ3) is 2.93. The fraction of sp³-hybridized carbons (Fsp3) is 0.467. The van der Waals surface area contributed by atoms with E-state index in [0.717, 1.165) is 33.7 Å². The van der Waals surface area contributed by atoms with Crippen molar-refractivity contribution in [1.82, 2.24) is 4.57 Å². The predicted molar refractivity (Wildman–Crippen MR) is 82.1 cm³/mol. The van der Waals surface area contributed by atoms with Crippen molar-refractivity contribution in [1.29, 1.82) is 0 Å². The fourth-order valence-corrected chi connectivity index (χ4v) is 2.97. The van der Waals surface area contributed by atoms with Gasteiger partial charge in [-0.2, -0.15) is 4.99 Å². The minimum Gasteiger partial charge on any atom is -0.497 e. The first-order chi connectivity index (χ1) is 9.56. The molecule has 1 aromatic carbocycles. The summed E-state index contributed by atoms with van der Waals surface area (Å²) in [6, 6.07) is 5.95. The van der Waals surface area contributed by atoms with Crippen LogP contribution in [0.1, 0.15) is 27.2 Å². The molecule has 0 saturated carbocycles. The van der Waals surface area contributed by atoms with Crippen LogP contribution in [0.25, 0.3) is 10.2 Å². The van der Waals surface area contributed by atoms with Crippen molar-refractivity contribution >= 4 is 27.5 Å². The molecular formula is C15H20N2O2S. The third-order valence-corrected chi connectivity index (χ3v) is 4.10. The van der Waals surface area contributed by atoms with Crippen molar-refractivity contribution in [2.45, 2.75) is 33.7 Å². The molecule has 0 aliphatic heterocycles. The van der Waals surface area contributed by atoms with E-state index < -0.39 is 0 Å². The standard InChI is InChI=1S/C15H20N2O2S/c1-5-8-17-12-9-11(19-4)6-7-13(12)20-15(17)16-14(18)10(2)3/h6-7,9-10H,5,8H2,1-4H3. The van der Waals surface area contributed by atoms with Crippen LogP contribution < -0.4 is 9.54 Å². The molecule has 0 spiro atoms. The van der Waals surface area contributed by atoms with E-state index in [-0.39, 0.29) is 11.8 Å². The van der Waals surface area contributed by atoms with Crippen LogP contribution >= 0.6 is 11.3 Å². The number of aromatic nitrogens is 1. The number of amides is 1. The molecule has 2 aromatic rings. The summed E-state index contributed by atoms with van der Waals surface area (Å²) in [4.78, 5) is 16.9. The Balaban J connectivity index is 2.65. The molecule has 0 aliphatic rings. The smallest absolute Gasteiger partial charge is 0.250 e. The number of methoxy groups -OCH3 is 1. The summed E-state index contributed by atoms with van der Waals surface area (Å²) in [6.07, 6.45) is 0.992. The number of rotatable bonds is 4. The van der Waals surface area contributed by atoms with Gasteiger partial charge in [-0.25, -0.2) is 0 Å². The Morgan fingerprint density at radius 3 is 2.80 bits per heavy atom. The second-order valence-corrected chi connectivity index (χ2v) is 5.98. The van der Waals surface area contributed by atoms with Crippen LogP contribution in [-0.2, 0) is 11.3 Å². The number of hydrogen-bond donors (Lipinski definition) is 0. The zero-order valence-electron chi connectivity index (χ0n) is 12.3. The molecule has 2 rings (SSSR count). The molecule has 0 radical (unpaired) electrons. The summed E-state index contributed by atoms with van der Waals surface area (Å²) >= 11 is 1.55. The first-order valence-electron chi connectivity index (χ1n) is 6.82. The number of benzene rings is 1. The number of ether oxygens (including phenoxy) is 1. The third-order valence-electron chi connectivity index (χ3n) is 3.04. The van der Waals surface area contributed by atoms with Crippen molar-refractivity contribution < 1.29 is 9.53 Å². The van der Waals surface area contributed by atoms with Gasteiger partial charge in [-0.05, 0) is 18.6 Å². The van der Waals surface area contributed by atoms with E-state index in [9.17, 15) is 4.79 Å². The summed E-state index contributed by atoms with van der Waals surface area (Å²) in [7, 11) is 1.66. The molecule has 4 nitrogen and oxygen atoms in total. The molecule has 20 heavy (non-hydrogen) atoms. The van der Waals surface area contributed by atoms with Crippen molar-refractivity contribution in [3.05, 3.63) is 23.0 Å². The molecule has 0 N–H and O–H groups in total. The summed E-state index contributed by atoms with van der Waals surface area (Å²) in [5.41, 5.74) is 1.08.